The molecule has 4 nitrogen and oxygen atoms in total. The van der Waals surface area contributed by atoms with Gasteiger partial charge in [-0.05, 0) is 18.6 Å². The lowest BCUT2D eigenvalue weighted by Gasteiger charge is -2.16. The first-order valence-corrected chi connectivity index (χ1v) is 6.36. The number of rotatable bonds is 2. The van der Waals surface area contributed by atoms with Gasteiger partial charge in [-0.25, -0.2) is 0 Å². The molecule has 0 saturated carbocycles. The molecule has 0 unspecified atom stereocenters. The van der Waals surface area contributed by atoms with Crippen molar-refractivity contribution >= 4 is 29.1 Å². The van der Waals surface area contributed by atoms with Crippen molar-refractivity contribution in [2.75, 3.05) is 20.2 Å². The monoisotopic (exact) mass is 288 g/mol. The molecule has 1 aromatic carbocycles. The van der Waals surface area contributed by atoms with Crippen LogP contribution in [0.2, 0.25) is 10.0 Å². The smallest absolute Gasteiger partial charge is 0.254 e. The Bertz CT molecular complexity index is 456. The number of halogens is 2. The van der Waals surface area contributed by atoms with E-state index in [0.717, 1.165) is 6.42 Å². The lowest BCUT2D eigenvalue weighted by molar-refractivity contribution is 0.0791. The number of likely N-dealkylation sites (tertiary alicyclic amines) is 1. The third-order valence-corrected chi connectivity index (χ3v) is 3.52. The van der Waals surface area contributed by atoms with E-state index in [1.165, 1.54) is 7.11 Å². The number of nitrogens with zero attached hydrogens (tertiary/aromatic N) is 1. The molecule has 0 aromatic heterocycles. The van der Waals surface area contributed by atoms with Crippen LogP contribution in [0.15, 0.2) is 12.1 Å². The van der Waals surface area contributed by atoms with Crippen molar-refractivity contribution in [1.29, 1.82) is 0 Å². The number of amides is 1. The number of hydrogen-bond acceptors (Lipinski definition) is 3. The van der Waals surface area contributed by atoms with Crippen LogP contribution in [0.3, 0.4) is 0 Å². The fourth-order valence-corrected chi connectivity index (χ4v) is 2.67. The highest BCUT2D eigenvalue weighted by atomic mass is 35.5. The second kappa shape index (κ2) is 5.34. The van der Waals surface area contributed by atoms with Gasteiger partial charge in [-0.2, -0.15) is 0 Å². The van der Waals surface area contributed by atoms with E-state index in [0.29, 0.717) is 34.4 Å². The minimum atomic E-state index is -0.102. The van der Waals surface area contributed by atoms with E-state index in [9.17, 15) is 4.79 Å². The molecule has 6 heteroatoms. The summed E-state index contributed by atoms with van der Waals surface area (Å²) >= 11 is 12.0. The van der Waals surface area contributed by atoms with Gasteiger partial charge in [-0.3, -0.25) is 4.79 Å². The molecule has 1 heterocycles. The maximum absolute atomic E-state index is 12.2. The quantitative estimate of drug-likeness (QED) is 0.907. The van der Waals surface area contributed by atoms with Gasteiger partial charge < -0.3 is 15.4 Å². The summed E-state index contributed by atoms with van der Waals surface area (Å²) in [6, 6.07) is 3.19. The fourth-order valence-electron chi connectivity index (χ4n) is 2.03. The Kier molecular flexibility index (Phi) is 4.00. The van der Waals surface area contributed by atoms with Crippen molar-refractivity contribution in [1.82, 2.24) is 4.90 Å². The highest BCUT2D eigenvalue weighted by Gasteiger charge is 2.25. The first-order valence-electron chi connectivity index (χ1n) is 5.61. The molecule has 0 spiro atoms. The molecule has 1 aromatic rings. The third-order valence-electron chi connectivity index (χ3n) is 2.96. The molecule has 1 amide bonds. The van der Waals surface area contributed by atoms with Gasteiger partial charge in [0, 0.05) is 24.7 Å². The standard InChI is InChI=1S/C12H14Cl2N2O2/c1-18-11-9(13)4-7(5-10(11)14)12(17)16-3-2-8(15)6-16/h4-5,8H,2-3,6,15H2,1H3/t8-/m1/s1. The Balaban J connectivity index is 2.26. The number of benzene rings is 1. The maximum Gasteiger partial charge on any atom is 0.254 e. The summed E-state index contributed by atoms with van der Waals surface area (Å²) in [5, 5.41) is 0.661. The summed E-state index contributed by atoms with van der Waals surface area (Å²) in [7, 11) is 1.48. The van der Waals surface area contributed by atoms with Gasteiger partial charge in [0.25, 0.3) is 5.91 Å². The zero-order chi connectivity index (χ0) is 13.3. The van der Waals surface area contributed by atoms with E-state index in [4.69, 9.17) is 33.7 Å². The van der Waals surface area contributed by atoms with Crippen molar-refractivity contribution in [3.8, 4) is 5.75 Å². The van der Waals surface area contributed by atoms with Crippen LogP contribution in [-0.2, 0) is 0 Å². The molecule has 2 N–H and O–H groups in total. The van der Waals surface area contributed by atoms with Gasteiger partial charge in [0.2, 0.25) is 0 Å². The number of nitrogens with two attached hydrogens (primary N) is 1. The van der Waals surface area contributed by atoms with Gasteiger partial charge in [0.15, 0.2) is 5.75 Å². The Labute approximate surface area is 116 Å². The van der Waals surface area contributed by atoms with Gasteiger partial charge in [0.1, 0.15) is 0 Å². The normalized spacial score (nSPS) is 19.1. The fraction of sp³-hybridized carbons (Fsp3) is 0.417. The summed E-state index contributed by atoms with van der Waals surface area (Å²) in [5.74, 6) is 0.280. The molecule has 1 saturated heterocycles. The Hall–Kier alpha value is -0.970. The van der Waals surface area contributed by atoms with Crippen LogP contribution in [-0.4, -0.2) is 37.0 Å². The number of carbonyl (C=O) groups excluding carboxylic acids is 1. The topological polar surface area (TPSA) is 55.6 Å². The molecule has 18 heavy (non-hydrogen) atoms. The molecule has 0 aliphatic carbocycles. The minimum Gasteiger partial charge on any atom is -0.494 e. The number of carbonyl (C=O) groups is 1. The second-order valence-electron chi connectivity index (χ2n) is 4.27. The Morgan fingerprint density at radius 1 is 1.44 bits per heavy atom. The molecule has 1 atom stereocenters. The summed E-state index contributed by atoms with van der Waals surface area (Å²) in [6.07, 6.45) is 0.823. The molecule has 1 fully saturated rings. The van der Waals surface area contributed by atoms with Crippen LogP contribution in [0.4, 0.5) is 0 Å². The van der Waals surface area contributed by atoms with Gasteiger partial charge in [-0.15, -0.1) is 0 Å². The molecular formula is C12H14Cl2N2O2. The third kappa shape index (κ3) is 2.55. The highest BCUT2D eigenvalue weighted by molar-refractivity contribution is 6.37. The van der Waals surface area contributed by atoms with Gasteiger partial charge >= 0.3 is 0 Å². The van der Waals surface area contributed by atoms with Gasteiger partial charge in [0.05, 0.1) is 17.2 Å². The Morgan fingerprint density at radius 3 is 2.50 bits per heavy atom. The van der Waals surface area contributed by atoms with Crippen LogP contribution < -0.4 is 10.5 Å². The molecule has 1 aliphatic rings. The van der Waals surface area contributed by atoms with E-state index in [2.05, 4.69) is 0 Å². The Morgan fingerprint density at radius 2 is 2.06 bits per heavy atom. The predicted octanol–water partition coefficient (Wildman–Crippen LogP) is 2.18. The first-order chi connectivity index (χ1) is 8.52. The van der Waals surface area contributed by atoms with Crippen LogP contribution in [0.5, 0.6) is 5.75 Å². The van der Waals surface area contributed by atoms with E-state index >= 15 is 0 Å². The molecule has 0 radical (unpaired) electrons. The van der Waals surface area contributed by atoms with Crippen molar-refractivity contribution in [3.63, 3.8) is 0 Å². The van der Waals surface area contributed by atoms with E-state index in [-0.39, 0.29) is 11.9 Å². The van der Waals surface area contributed by atoms with E-state index < -0.39 is 0 Å². The number of ether oxygens (including phenoxy) is 1. The molecule has 98 valence electrons. The summed E-state index contributed by atoms with van der Waals surface area (Å²) < 4.78 is 5.04. The number of hydrogen-bond donors (Lipinski definition) is 1. The van der Waals surface area contributed by atoms with Crippen molar-refractivity contribution in [3.05, 3.63) is 27.7 Å². The molecule has 1 aliphatic heterocycles. The number of methoxy groups -OCH3 is 1. The van der Waals surface area contributed by atoms with Crippen molar-refractivity contribution in [2.45, 2.75) is 12.5 Å². The summed E-state index contributed by atoms with van der Waals surface area (Å²) in [6.45, 7) is 1.24. The maximum atomic E-state index is 12.2. The zero-order valence-corrected chi connectivity index (χ0v) is 11.5. The van der Waals surface area contributed by atoms with Crippen LogP contribution in [0.1, 0.15) is 16.8 Å². The van der Waals surface area contributed by atoms with E-state index in [1.807, 2.05) is 0 Å². The van der Waals surface area contributed by atoms with Crippen molar-refractivity contribution < 1.29 is 9.53 Å². The lowest BCUT2D eigenvalue weighted by Crippen LogP contribution is -2.31. The molecule has 0 bridgehead atoms. The van der Waals surface area contributed by atoms with Crippen LogP contribution in [0.25, 0.3) is 0 Å². The second-order valence-corrected chi connectivity index (χ2v) is 5.09. The molecular weight excluding hydrogens is 275 g/mol. The average molecular weight is 289 g/mol. The van der Waals surface area contributed by atoms with E-state index in [1.54, 1.807) is 17.0 Å². The van der Waals surface area contributed by atoms with Crippen molar-refractivity contribution in [2.24, 2.45) is 5.73 Å². The predicted molar refractivity (Wildman–Crippen MR) is 71.5 cm³/mol. The first kappa shape index (κ1) is 13.5. The zero-order valence-electron chi connectivity index (χ0n) is 9.95. The SMILES string of the molecule is COc1c(Cl)cc(C(=O)N2CC[C@@H](N)C2)cc1Cl. The van der Waals surface area contributed by atoms with Crippen LogP contribution in [0, 0.1) is 0 Å². The highest BCUT2D eigenvalue weighted by Crippen LogP contribution is 2.34. The summed E-state index contributed by atoms with van der Waals surface area (Å²) in [5.41, 5.74) is 6.24. The largest absolute Gasteiger partial charge is 0.494 e. The summed E-state index contributed by atoms with van der Waals surface area (Å²) in [4.78, 5) is 13.9. The van der Waals surface area contributed by atoms with Gasteiger partial charge in [-0.1, -0.05) is 23.2 Å². The minimum absolute atomic E-state index is 0.0538. The van der Waals surface area contributed by atoms with Crippen LogP contribution >= 0.6 is 23.2 Å². The lowest BCUT2D eigenvalue weighted by atomic mass is 10.2. The molecule has 2 rings (SSSR count). The average Bonchev–Trinajstić information content (AvgIpc) is 2.74.